The van der Waals surface area contributed by atoms with E-state index < -0.39 is 23.9 Å². The van der Waals surface area contributed by atoms with E-state index in [0.717, 1.165) is 0 Å². The normalized spacial score (nSPS) is 11.6. The van der Waals surface area contributed by atoms with Crippen LogP contribution in [0.5, 0.6) is 0 Å². The van der Waals surface area contributed by atoms with E-state index in [0.29, 0.717) is 6.42 Å². The molecule has 0 heterocycles. The van der Waals surface area contributed by atoms with Crippen molar-refractivity contribution in [2.24, 2.45) is 11.5 Å². The van der Waals surface area contributed by atoms with E-state index in [2.05, 4.69) is 10.6 Å². The number of carbonyl (C=O) groups is 3. The van der Waals surface area contributed by atoms with E-state index in [1.807, 2.05) is 0 Å². The lowest BCUT2D eigenvalue weighted by Crippen LogP contribution is -2.43. The molecule has 0 rings (SSSR count). The fraction of sp³-hybridized carbons (Fsp3) is 0.625. The third-order valence-electron chi connectivity index (χ3n) is 1.69. The van der Waals surface area contributed by atoms with Crippen molar-refractivity contribution in [3.05, 3.63) is 0 Å². The summed E-state index contributed by atoms with van der Waals surface area (Å²) in [5.41, 5.74) is 10.2. The van der Waals surface area contributed by atoms with Crippen LogP contribution in [-0.4, -0.2) is 42.1 Å². The first-order chi connectivity index (χ1) is 7.43. The summed E-state index contributed by atoms with van der Waals surface area (Å²) in [6.45, 7) is 0.520. The first-order valence-electron chi connectivity index (χ1n) is 4.72. The van der Waals surface area contributed by atoms with E-state index in [4.69, 9.17) is 16.6 Å². The molecule has 0 saturated heterocycles. The molecule has 0 aliphatic carbocycles. The molecule has 0 spiro atoms. The van der Waals surface area contributed by atoms with Crippen LogP contribution in [0.1, 0.15) is 12.8 Å². The highest BCUT2D eigenvalue weighted by Crippen LogP contribution is 1.87. The van der Waals surface area contributed by atoms with Crippen LogP contribution in [0.2, 0.25) is 0 Å². The van der Waals surface area contributed by atoms with E-state index in [9.17, 15) is 14.4 Å². The summed E-state index contributed by atoms with van der Waals surface area (Å²) in [6.07, 6.45) is -0.877. The number of nitrogens with two attached hydrogens (primary N) is 2. The van der Waals surface area contributed by atoms with Gasteiger partial charge in [0.15, 0.2) is 0 Å². The first-order valence-corrected chi connectivity index (χ1v) is 4.72. The van der Waals surface area contributed by atoms with Crippen molar-refractivity contribution in [3.63, 3.8) is 0 Å². The zero-order valence-corrected chi connectivity index (χ0v) is 8.73. The van der Waals surface area contributed by atoms with Crippen LogP contribution in [-0.2, 0) is 9.59 Å². The monoisotopic (exact) mass is 232 g/mol. The molecule has 1 unspecified atom stereocenters. The second-order valence-electron chi connectivity index (χ2n) is 3.15. The van der Waals surface area contributed by atoms with Gasteiger partial charge in [0.05, 0.1) is 12.5 Å². The van der Waals surface area contributed by atoms with Gasteiger partial charge in [-0.25, -0.2) is 4.79 Å². The van der Waals surface area contributed by atoms with Gasteiger partial charge in [0, 0.05) is 13.1 Å². The molecule has 7 N–H and O–H groups in total. The lowest BCUT2D eigenvalue weighted by molar-refractivity contribution is -0.126. The number of hydrogen-bond acceptors (Lipinski definition) is 4. The van der Waals surface area contributed by atoms with Crippen molar-refractivity contribution >= 4 is 17.9 Å². The van der Waals surface area contributed by atoms with E-state index >= 15 is 0 Å². The molecule has 0 aromatic rings. The number of nitrogens with one attached hydrogen (secondary N) is 2. The molecule has 0 aliphatic rings. The molecule has 0 saturated carbocycles. The second-order valence-corrected chi connectivity index (χ2v) is 3.15. The highest BCUT2D eigenvalue weighted by atomic mass is 16.4. The van der Waals surface area contributed by atoms with Gasteiger partial charge in [-0.3, -0.25) is 9.59 Å². The Morgan fingerprint density at radius 2 is 1.75 bits per heavy atom. The van der Waals surface area contributed by atoms with Crippen LogP contribution in [0.25, 0.3) is 0 Å². The summed E-state index contributed by atoms with van der Waals surface area (Å²) in [5, 5.41) is 12.8. The van der Waals surface area contributed by atoms with Gasteiger partial charge in [0.2, 0.25) is 11.8 Å². The van der Waals surface area contributed by atoms with Crippen molar-refractivity contribution in [3.8, 4) is 0 Å². The molecular formula is C8H16N4O4. The Kier molecular flexibility index (Phi) is 6.61. The minimum atomic E-state index is -1.11. The van der Waals surface area contributed by atoms with Gasteiger partial charge < -0.3 is 27.2 Å². The molecule has 8 nitrogen and oxygen atoms in total. The van der Waals surface area contributed by atoms with Crippen molar-refractivity contribution in [2.75, 3.05) is 13.1 Å². The van der Waals surface area contributed by atoms with Gasteiger partial charge in [-0.2, -0.15) is 0 Å². The molecule has 16 heavy (non-hydrogen) atoms. The van der Waals surface area contributed by atoms with Gasteiger partial charge in [-0.15, -0.1) is 0 Å². The smallest absolute Gasteiger partial charge is 0.404 e. The molecule has 8 heteroatoms. The molecule has 3 amide bonds. The molecule has 1 atom stereocenters. The zero-order chi connectivity index (χ0) is 12.6. The Labute approximate surface area is 92.4 Å². The van der Waals surface area contributed by atoms with Gasteiger partial charge in [0.25, 0.3) is 0 Å². The summed E-state index contributed by atoms with van der Waals surface area (Å²) in [7, 11) is 0. The molecule has 92 valence electrons. The standard InChI is InChI=1S/C8H16N4O4/c9-5(4-6(10)13)7(14)11-2-1-3-12-8(15)16/h5,12H,1-4,9H2,(H2,10,13)(H,11,14)(H,15,16). The number of amides is 3. The molecule has 0 aromatic carbocycles. The van der Waals surface area contributed by atoms with Crippen molar-refractivity contribution in [1.29, 1.82) is 0 Å². The maximum Gasteiger partial charge on any atom is 0.404 e. The zero-order valence-electron chi connectivity index (χ0n) is 8.73. The van der Waals surface area contributed by atoms with Crippen LogP contribution < -0.4 is 22.1 Å². The third-order valence-corrected chi connectivity index (χ3v) is 1.69. The van der Waals surface area contributed by atoms with E-state index in [-0.39, 0.29) is 19.5 Å². The molecular weight excluding hydrogens is 216 g/mol. The summed E-state index contributed by atoms with van der Waals surface area (Å²) < 4.78 is 0. The van der Waals surface area contributed by atoms with Crippen LogP contribution in [0.4, 0.5) is 4.79 Å². The minimum absolute atomic E-state index is 0.209. The molecule has 0 bridgehead atoms. The van der Waals surface area contributed by atoms with Gasteiger partial charge in [-0.05, 0) is 6.42 Å². The van der Waals surface area contributed by atoms with E-state index in [1.54, 1.807) is 0 Å². The van der Waals surface area contributed by atoms with Crippen molar-refractivity contribution in [2.45, 2.75) is 18.9 Å². The number of primary amides is 1. The fourth-order valence-corrected chi connectivity index (χ4v) is 0.936. The molecule has 0 aromatic heterocycles. The maximum atomic E-state index is 11.2. The number of rotatable bonds is 7. The lowest BCUT2D eigenvalue weighted by atomic mass is 10.2. The average molecular weight is 232 g/mol. The van der Waals surface area contributed by atoms with Gasteiger partial charge >= 0.3 is 6.09 Å². The fourth-order valence-electron chi connectivity index (χ4n) is 0.936. The number of carbonyl (C=O) groups excluding carboxylic acids is 2. The molecule has 0 aliphatic heterocycles. The second kappa shape index (κ2) is 7.46. The summed E-state index contributed by atoms with van der Waals surface area (Å²) in [6, 6.07) is -0.954. The third kappa shape index (κ3) is 7.56. The highest BCUT2D eigenvalue weighted by molar-refractivity contribution is 5.87. The van der Waals surface area contributed by atoms with E-state index in [1.165, 1.54) is 0 Å². The van der Waals surface area contributed by atoms with Crippen LogP contribution in [0.15, 0.2) is 0 Å². The summed E-state index contributed by atoms with van der Waals surface area (Å²) >= 11 is 0. The molecule has 0 radical (unpaired) electrons. The van der Waals surface area contributed by atoms with Crippen LogP contribution >= 0.6 is 0 Å². The number of hydrogen-bond donors (Lipinski definition) is 5. The predicted octanol–water partition coefficient (Wildman–Crippen LogP) is -2.04. The maximum absolute atomic E-state index is 11.2. The SMILES string of the molecule is NC(=O)CC(N)C(=O)NCCCNC(=O)O. The Balaban J connectivity index is 3.57. The lowest BCUT2D eigenvalue weighted by Gasteiger charge is -2.10. The Bertz CT molecular complexity index is 269. The minimum Gasteiger partial charge on any atom is -0.465 e. The topological polar surface area (TPSA) is 148 Å². The Morgan fingerprint density at radius 1 is 1.19 bits per heavy atom. The Hall–Kier alpha value is -1.83. The predicted molar refractivity (Wildman–Crippen MR) is 55.4 cm³/mol. The largest absolute Gasteiger partial charge is 0.465 e. The Morgan fingerprint density at radius 3 is 2.25 bits per heavy atom. The average Bonchev–Trinajstić information content (AvgIpc) is 2.15. The number of carboxylic acid groups (broad SMARTS) is 1. The molecule has 0 fully saturated rings. The first kappa shape index (κ1) is 14.2. The summed E-state index contributed by atoms with van der Waals surface area (Å²) in [4.78, 5) is 31.7. The highest BCUT2D eigenvalue weighted by Gasteiger charge is 2.14. The van der Waals surface area contributed by atoms with Crippen molar-refractivity contribution in [1.82, 2.24) is 10.6 Å². The summed E-state index contributed by atoms with van der Waals surface area (Å²) in [5.74, 6) is -1.12. The van der Waals surface area contributed by atoms with Crippen LogP contribution in [0, 0.1) is 0 Å². The van der Waals surface area contributed by atoms with Crippen LogP contribution in [0.3, 0.4) is 0 Å². The van der Waals surface area contributed by atoms with Gasteiger partial charge in [-0.1, -0.05) is 0 Å². The van der Waals surface area contributed by atoms with Crippen molar-refractivity contribution < 1.29 is 19.5 Å². The quantitative estimate of drug-likeness (QED) is 0.321. The van der Waals surface area contributed by atoms with Gasteiger partial charge in [0.1, 0.15) is 0 Å².